The zero-order valence-electron chi connectivity index (χ0n) is 5.56. The van der Waals surface area contributed by atoms with Crippen LogP contribution in [0.3, 0.4) is 0 Å². The molecule has 3 aliphatic rings. The summed E-state index contributed by atoms with van der Waals surface area (Å²) in [5.74, 6) is 0. The molecular weight excluding hydrogens is 132 g/mol. The van der Waals surface area contributed by atoms with Gasteiger partial charge in [0.15, 0.2) is 0 Å². The summed E-state index contributed by atoms with van der Waals surface area (Å²) in [6, 6.07) is 0. The van der Waals surface area contributed by atoms with Crippen molar-refractivity contribution in [1.82, 2.24) is 0 Å². The van der Waals surface area contributed by atoms with E-state index in [4.69, 9.17) is 9.78 Å². The Morgan fingerprint density at radius 3 is 2.80 bits per heavy atom. The molecule has 0 unspecified atom stereocenters. The zero-order valence-corrected chi connectivity index (χ0v) is 5.56. The van der Waals surface area contributed by atoms with E-state index in [9.17, 15) is 5.11 Å². The molecule has 10 heavy (non-hydrogen) atoms. The molecule has 0 aromatic heterocycles. The van der Waals surface area contributed by atoms with Gasteiger partial charge in [-0.2, -0.15) is 0 Å². The molecule has 3 atom stereocenters. The van der Waals surface area contributed by atoms with Crippen LogP contribution in [-0.2, 0) is 9.78 Å². The van der Waals surface area contributed by atoms with Gasteiger partial charge in [-0.25, -0.2) is 9.78 Å². The van der Waals surface area contributed by atoms with Crippen LogP contribution in [0.1, 0.15) is 12.8 Å². The van der Waals surface area contributed by atoms with Crippen LogP contribution in [0, 0.1) is 0 Å². The Bertz CT molecular complexity index is 155. The van der Waals surface area contributed by atoms with Crippen LogP contribution in [0.15, 0.2) is 12.2 Å². The summed E-state index contributed by atoms with van der Waals surface area (Å²) in [6.45, 7) is 0. The van der Waals surface area contributed by atoms with Gasteiger partial charge in [0.2, 0.25) is 0 Å². The second kappa shape index (κ2) is 2.34. The first-order valence-electron chi connectivity index (χ1n) is 3.55. The van der Waals surface area contributed by atoms with Crippen molar-refractivity contribution >= 4 is 0 Å². The minimum atomic E-state index is -0.385. The molecule has 56 valence electrons. The molecule has 0 aromatic carbocycles. The molecule has 1 aliphatic carbocycles. The average Bonchev–Trinajstić information content (AvgIpc) is 2.24. The normalized spacial score (nSPS) is 45.5. The zero-order chi connectivity index (χ0) is 6.97. The summed E-state index contributed by atoms with van der Waals surface area (Å²) in [5, 5.41) is 9.32. The quantitative estimate of drug-likeness (QED) is 0.393. The topological polar surface area (TPSA) is 38.7 Å². The van der Waals surface area contributed by atoms with E-state index in [0.717, 1.165) is 12.8 Å². The lowest BCUT2D eigenvalue weighted by Crippen LogP contribution is -2.26. The molecule has 3 rings (SSSR count). The monoisotopic (exact) mass is 142 g/mol. The maximum atomic E-state index is 9.32. The first kappa shape index (κ1) is 6.34. The predicted molar refractivity (Wildman–Crippen MR) is 34.1 cm³/mol. The average molecular weight is 142 g/mol. The Labute approximate surface area is 59.2 Å². The van der Waals surface area contributed by atoms with Crippen molar-refractivity contribution in [1.29, 1.82) is 0 Å². The van der Waals surface area contributed by atoms with Crippen LogP contribution in [0.2, 0.25) is 0 Å². The van der Waals surface area contributed by atoms with Gasteiger partial charge in [0.25, 0.3) is 0 Å². The Balaban J connectivity index is 2.17. The Morgan fingerprint density at radius 2 is 2.10 bits per heavy atom. The number of aliphatic hydroxyl groups excluding tert-OH is 1. The molecule has 1 N–H and O–H groups in total. The smallest absolute Gasteiger partial charge is 0.137 e. The van der Waals surface area contributed by atoms with Crippen LogP contribution in [0.5, 0.6) is 0 Å². The van der Waals surface area contributed by atoms with Gasteiger partial charge in [-0.3, -0.25) is 0 Å². The predicted octanol–water partition coefficient (Wildman–Crippen LogP) is 0.396. The van der Waals surface area contributed by atoms with Crippen LogP contribution in [0.4, 0.5) is 0 Å². The highest BCUT2D eigenvalue weighted by Gasteiger charge is 2.28. The third kappa shape index (κ3) is 0.963. The van der Waals surface area contributed by atoms with Crippen molar-refractivity contribution in [3.63, 3.8) is 0 Å². The lowest BCUT2D eigenvalue weighted by Gasteiger charge is -2.18. The largest absolute Gasteiger partial charge is 0.390 e. The highest BCUT2D eigenvalue weighted by molar-refractivity contribution is 5.02. The van der Waals surface area contributed by atoms with E-state index in [1.54, 1.807) is 0 Å². The standard InChI is InChI=1S/C7H10O3/c8-6-3-1-5-2-4-7(6)10-9-5/h2,4-8H,1,3H2/t5-,6-,7-/m1/s1. The van der Waals surface area contributed by atoms with Crippen molar-refractivity contribution in [2.75, 3.05) is 0 Å². The molecule has 2 bridgehead atoms. The van der Waals surface area contributed by atoms with E-state index in [2.05, 4.69) is 0 Å². The van der Waals surface area contributed by atoms with Crippen LogP contribution in [0.25, 0.3) is 0 Å². The lowest BCUT2D eigenvalue weighted by molar-refractivity contribution is -0.340. The SMILES string of the molecule is O[C@@H]1CC[C@@H]2C=C[C@H]1OO2. The molecule has 0 amide bonds. The third-order valence-electron chi connectivity index (χ3n) is 1.93. The summed E-state index contributed by atoms with van der Waals surface area (Å²) >= 11 is 0. The van der Waals surface area contributed by atoms with E-state index in [1.165, 1.54) is 0 Å². The van der Waals surface area contributed by atoms with Gasteiger partial charge in [-0.15, -0.1) is 0 Å². The highest BCUT2D eigenvalue weighted by Crippen LogP contribution is 2.23. The molecule has 0 aromatic rings. The third-order valence-corrected chi connectivity index (χ3v) is 1.93. The maximum Gasteiger partial charge on any atom is 0.137 e. The van der Waals surface area contributed by atoms with Crippen LogP contribution < -0.4 is 0 Å². The van der Waals surface area contributed by atoms with Crippen LogP contribution >= 0.6 is 0 Å². The van der Waals surface area contributed by atoms with E-state index in [-0.39, 0.29) is 18.3 Å². The molecule has 1 fully saturated rings. The fourth-order valence-corrected chi connectivity index (χ4v) is 1.27. The molecule has 0 radical (unpaired) electrons. The fraction of sp³-hybridized carbons (Fsp3) is 0.714. The van der Waals surface area contributed by atoms with Gasteiger partial charge in [-0.05, 0) is 12.8 Å². The van der Waals surface area contributed by atoms with E-state index < -0.39 is 0 Å². The molecular formula is C7H10O3. The van der Waals surface area contributed by atoms with Crippen molar-refractivity contribution in [3.8, 4) is 0 Å². The van der Waals surface area contributed by atoms with Gasteiger partial charge >= 0.3 is 0 Å². The summed E-state index contributed by atoms with van der Waals surface area (Å²) in [7, 11) is 0. The Kier molecular flexibility index (Phi) is 1.48. The first-order valence-corrected chi connectivity index (χ1v) is 3.55. The molecule has 2 heterocycles. The van der Waals surface area contributed by atoms with Gasteiger partial charge in [-0.1, -0.05) is 12.2 Å². The maximum absolute atomic E-state index is 9.32. The fourth-order valence-electron chi connectivity index (χ4n) is 1.27. The van der Waals surface area contributed by atoms with Gasteiger partial charge in [0.05, 0.1) is 6.10 Å². The van der Waals surface area contributed by atoms with Crippen molar-refractivity contribution in [2.24, 2.45) is 0 Å². The lowest BCUT2D eigenvalue weighted by atomic mass is 10.1. The van der Waals surface area contributed by atoms with Crippen molar-refractivity contribution in [3.05, 3.63) is 12.2 Å². The molecule has 3 nitrogen and oxygen atoms in total. The first-order chi connectivity index (χ1) is 4.86. The van der Waals surface area contributed by atoms with Gasteiger partial charge in [0, 0.05) is 0 Å². The molecule has 1 saturated heterocycles. The van der Waals surface area contributed by atoms with E-state index >= 15 is 0 Å². The molecule has 3 heteroatoms. The number of hydrogen-bond donors (Lipinski definition) is 1. The minimum absolute atomic E-state index is 0.0633. The number of aliphatic hydroxyl groups is 1. The summed E-state index contributed by atoms with van der Waals surface area (Å²) < 4.78 is 0. The summed E-state index contributed by atoms with van der Waals surface area (Å²) in [4.78, 5) is 9.80. The Hall–Kier alpha value is -0.380. The summed E-state index contributed by atoms with van der Waals surface area (Å²) in [6.07, 6.45) is 4.88. The highest BCUT2D eigenvalue weighted by atomic mass is 17.2. The van der Waals surface area contributed by atoms with E-state index in [1.807, 2.05) is 12.2 Å². The number of fused-ring (bicyclic) bond motifs is 3. The Morgan fingerprint density at radius 1 is 1.20 bits per heavy atom. The summed E-state index contributed by atoms with van der Waals surface area (Å²) in [5.41, 5.74) is 0. The van der Waals surface area contributed by atoms with Gasteiger partial charge < -0.3 is 5.11 Å². The van der Waals surface area contributed by atoms with Gasteiger partial charge in [0.1, 0.15) is 12.2 Å². The minimum Gasteiger partial charge on any atom is -0.390 e. The van der Waals surface area contributed by atoms with E-state index in [0.29, 0.717) is 0 Å². The molecule has 0 spiro atoms. The molecule has 2 aliphatic heterocycles. The molecule has 0 saturated carbocycles. The second-order valence-corrected chi connectivity index (χ2v) is 2.73. The number of hydrogen-bond acceptors (Lipinski definition) is 3. The number of rotatable bonds is 0. The van der Waals surface area contributed by atoms with Crippen molar-refractivity contribution < 1.29 is 14.9 Å². The van der Waals surface area contributed by atoms with Crippen molar-refractivity contribution in [2.45, 2.75) is 31.2 Å². The second-order valence-electron chi connectivity index (χ2n) is 2.73. The van der Waals surface area contributed by atoms with Crippen LogP contribution in [-0.4, -0.2) is 23.4 Å².